The van der Waals surface area contributed by atoms with E-state index in [1.165, 1.54) is 24.2 Å². The van der Waals surface area contributed by atoms with Crippen molar-refractivity contribution in [1.82, 2.24) is 15.5 Å². The van der Waals surface area contributed by atoms with E-state index in [9.17, 15) is 0 Å². The summed E-state index contributed by atoms with van der Waals surface area (Å²) in [5.74, 6) is 0.754. The lowest BCUT2D eigenvalue weighted by Crippen LogP contribution is -2.21. The highest BCUT2D eigenvalue weighted by atomic mass is 15.1. The Balaban J connectivity index is 1.89. The normalized spacial score (nSPS) is 16.8. The number of H-pyrrole nitrogens is 1. The molecule has 2 N–H and O–H groups in total. The predicted molar refractivity (Wildman–Crippen MR) is 52.5 cm³/mol. The molecule has 0 amide bonds. The van der Waals surface area contributed by atoms with Gasteiger partial charge >= 0.3 is 0 Å². The summed E-state index contributed by atoms with van der Waals surface area (Å²) >= 11 is 0. The molecule has 0 aliphatic heterocycles. The molecule has 0 aromatic carbocycles. The lowest BCUT2D eigenvalue weighted by molar-refractivity contribution is 0.580. The highest BCUT2D eigenvalue weighted by Crippen LogP contribution is 2.38. The van der Waals surface area contributed by atoms with E-state index in [2.05, 4.69) is 35.4 Å². The smallest absolute Gasteiger partial charge is 0.0656 e. The molecule has 0 saturated heterocycles. The Morgan fingerprint density at radius 1 is 1.62 bits per heavy atom. The average Bonchev–Trinajstić information content (AvgIpc) is 2.83. The summed E-state index contributed by atoms with van der Waals surface area (Å²) in [4.78, 5) is 0. The van der Waals surface area contributed by atoms with Gasteiger partial charge in [-0.05, 0) is 18.9 Å². The molecule has 3 nitrogen and oxygen atoms in total. The Bertz CT molecular complexity index is 273. The topological polar surface area (TPSA) is 40.7 Å². The van der Waals surface area contributed by atoms with Gasteiger partial charge in [-0.2, -0.15) is 5.10 Å². The molecule has 1 aromatic rings. The van der Waals surface area contributed by atoms with Crippen LogP contribution in [0.2, 0.25) is 0 Å². The summed E-state index contributed by atoms with van der Waals surface area (Å²) in [6.45, 7) is 5.20. The molecular weight excluding hydrogens is 162 g/mol. The first kappa shape index (κ1) is 8.75. The van der Waals surface area contributed by atoms with Crippen molar-refractivity contribution in [3.05, 3.63) is 17.5 Å². The Kier molecular flexibility index (Phi) is 2.36. The third kappa shape index (κ3) is 2.31. The van der Waals surface area contributed by atoms with E-state index in [1.54, 1.807) is 0 Å². The number of aromatic nitrogens is 2. The maximum atomic E-state index is 4.29. The summed E-state index contributed by atoms with van der Waals surface area (Å²) in [6, 6.07) is 2.72. The van der Waals surface area contributed by atoms with Crippen molar-refractivity contribution in [1.29, 1.82) is 0 Å². The van der Waals surface area contributed by atoms with Gasteiger partial charge in [0.15, 0.2) is 0 Å². The molecule has 1 aliphatic rings. The van der Waals surface area contributed by atoms with E-state index in [0.717, 1.165) is 12.5 Å². The number of rotatable bonds is 4. The van der Waals surface area contributed by atoms with Crippen LogP contribution in [0.4, 0.5) is 0 Å². The van der Waals surface area contributed by atoms with Crippen molar-refractivity contribution >= 4 is 0 Å². The third-order valence-corrected chi connectivity index (χ3v) is 2.35. The van der Waals surface area contributed by atoms with Crippen LogP contribution < -0.4 is 5.32 Å². The molecule has 1 saturated carbocycles. The van der Waals surface area contributed by atoms with Gasteiger partial charge in [-0.3, -0.25) is 5.10 Å². The van der Waals surface area contributed by atoms with Crippen LogP contribution in [0.3, 0.4) is 0 Å². The standard InChI is InChI=1S/C10H17N3/c1-7(2)11-6-9-5-10(13-12-9)8-3-4-8/h5,7-8,11H,3-4,6H2,1-2H3,(H,12,13). The summed E-state index contributed by atoms with van der Waals surface area (Å²) in [5, 5.41) is 10.7. The molecule has 13 heavy (non-hydrogen) atoms. The van der Waals surface area contributed by atoms with E-state index in [4.69, 9.17) is 0 Å². The predicted octanol–water partition coefficient (Wildman–Crippen LogP) is 1.79. The molecule has 2 rings (SSSR count). The number of aromatic amines is 1. The highest BCUT2D eigenvalue weighted by Gasteiger charge is 2.25. The zero-order valence-electron chi connectivity index (χ0n) is 8.30. The second-order valence-electron chi connectivity index (χ2n) is 4.13. The van der Waals surface area contributed by atoms with Crippen molar-refractivity contribution in [2.24, 2.45) is 0 Å². The zero-order chi connectivity index (χ0) is 9.26. The lowest BCUT2D eigenvalue weighted by Gasteiger charge is -2.04. The Labute approximate surface area is 78.9 Å². The van der Waals surface area contributed by atoms with Crippen molar-refractivity contribution in [2.45, 2.75) is 45.2 Å². The maximum Gasteiger partial charge on any atom is 0.0656 e. The van der Waals surface area contributed by atoms with Crippen LogP contribution in [0.25, 0.3) is 0 Å². The highest BCUT2D eigenvalue weighted by molar-refractivity contribution is 5.17. The number of hydrogen-bond donors (Lipinski definition) is 2. The minimum absolute atomic E-state index is 0.535. The largest absolute Gasteiger partial charge is 0.309 e. The van der Waals surface area contributed by atoms with Gasteiger partial charge in [-0.1, -0.05) is 13.8 Å². The van der Waals surface area contributed by atoms with Crippen molar-refractivity contribution < 1.29 is 0 Å². The molecule has 3 heteroatoms. The lowest BCUT2D eigenvalue weighted by atomic mass is 10.2. The van der Waals surface area contributed by atoms with E-state index in [0.29, 0.717) is 6.04 Å². The molecule has 1 aliphatic carbocycles. The van der Waals surface area contributed by atoms with Gasteiger partial charge in [-0.15, -0.1) is 0 Å². The fourth-order valence-electron chi connectivity index (χ4n) is 1.37. The van der Waals surface area contributed by atoms with Crippen molar-refractivity contribution in [3.8, 4) is 0 Å². The molecule has 1 aromatic heterocycles. The van der Waals surface area contributed by atoms with Crippen LogP contribution in [0.5, 0.6) is 0 Å². The van der Waals surface area contributed by atoms with Crippen LogP contribution in [0.1, 0.15) is 44.0 Å². The van der Waals surface area contributed by atoms with E-state index in [-0.39, 0.29) is 0 Å². The van der Waals surface area contributed by atoms with Crippen LogP contribution in [-0.4, -0.2) is 16.2 Å². The summed E-state index contributed by atoms with van der Waals surface area (Å²) in [7, 11) is 0. The quantitative estimate of drug-likeness (QED) is 0.739. The second-order valence-corrected chi connectivity index (χ2v) is 4.13. The summed E-state index contributed by atoms with van der Waals surface area (Å²) in [6.07, 6.45) is 2.64. The SMILES string of the molecule is CC(C)NCc1cc(C2CC2)n[nH]1. The first-order valence-corrected chi connectivity index (χ1v) is 5.03. The zero-order valence-corrected chi connectivity index (χ0v) is 8.30. The van der Waals surface area contributed by atoms with Gasteiger partial charge < -0.3 is 5.32 Å². The maximum absolute atomic E-state index is 4.29. The van der Waals surface area contributed by atoms with E-state index in [1.807, 2.05) is 0 Å². The molecule has 1 heterocycles. The van der Waals surface area contributed by atoms with Crippen LogP contribution in [0.15, 0.2) is 6.07 Å². The fraction of sp³-hybridized carbons (Fsp3) is 0.700. The van der Waals surface area contributed by atoms with Crippen LogP contribution >= 0.6 is 0 Å². The Morgan fingerprint density at radius 3 is 3.00 bits per heavy atom. The Hall–Kier alpha value is -0.830. The molecule has 0 spiro atoms. The van der Waals surface area contributed by atoms with Gasteiger partial charge in [0.2, 0.25) is 0 Å². The van der Waals surface area contributed by atoms with Crippen molar-refractivity contribution in [2.75, 3.05) is 0 Å². The van der Waals surface area contributed by atoms with Gasteiger partial charge in [0.25, 0.3) is 0 Å². The van der Waals surface area contributed by atoms with Crippen LogP contribution in [0, 0.1) is 0 Å². The third-order valence-electron chi connectivity index (χ3n) is 2.35. The van der Waals surface area contributed by atoms with Gasteiger partial charge in [0.05, 0.1) is 5.69 Å². The first-order chi connectivity index (χ1) is 6.25. The Morgan fingerprint density at radius 2 is 2.38 bits per heavy atom. The molecule has 0 atom stereocenters. The molecule has 1 fully saturated rings. The second kappa shape index (κ2) is 3.50. The minimum atomic E-state index is 0.535. The molecular formula is C10H17N3. The molecule has 0 unspecified atom stereocenters. The van der Waals surface area contributed by atoms with Crippen molar-refractivity contribution in [3.63, 3.8) is 0 Å². The minimum Gasteiger partial charge on any atom is -0.309 e. The van der Waals surface area contributed by atoms with Gasteiger partial charge in [0, 0.05) is 24.2 Å². The summed E-state index contributed by atoms with van der Waals surface area (Å²) in [5.41, 5.74) is 2.45. The number of nitrogens with one attached hydrogen (secondary N) is 2. The first-order valence-electron chi connectivity index (χ1n) is 5.03. The van der Waals surface area contributed by atoms with E-state index < -0.39 is 0 Å². The fourth-order valence-corrected chi connectivity index (χ4v) is 1.37. The molecule has 0 radical (unpaired) electrons. The monoisotopic (exact) mass is 179 g/mol. The molecule has 72 valence electrons. The average molecular weight is 179 g/mol. The van der Waals surface area contributed by atoms with Gasteiger partial charge in [0.1, 0.15) is 0 Å². The van der Waals surface area contributed by atoms with E-state index >= 15 is 0 Å². The van der Waals surface area contributed by atoms with Gasteiger partial charge in [-0.25, -0.2) is 0 Å². The summed E-state index contributed by atoms with van der Waals surface area (Å²) < 4.78 is 0. The van der Waals surface area contributed by atoms with Crippen LogP contribution in [-0.2, 0) is 6.54 Å². The molecule has 0 bridgehead atoms. The number of nitrogens with zero attached hydrogens (tertiary/aromatic N) is 1. The number of hydrogen-bond acceptors (Lipinski definition) is 2.